The van der Waals surface area contributed by atoms with E-state index in [2.05, 4.69) is 14.7 Å². The van der Waals surface area contributed by atoms with Crippen molar-refractivity contribution in [2.75, 3.05) is 31.2 Å². The number of hydrogen-bond acceptors (Lipinski definition) is 6. The van der Waals surface area contributed by atoms with E-state index in [-0.39, 0.29) is 11.4 Å². The first-order valence-electron chi connectivity index (χ1n) is 8.29. The van der Waals surface area contributed by atoms with Crippen molar-refractivity contribution in [2.24, 2.45) is 0 Å². The summed E-state index contributed by atoms with van der Waals surface area (Å²) in [4.78, 5) is 11.2. The number of halogens is 1. The van der Waals surface area contributed by atoms with Gasteiger partial charge < -0.3 is 9.64 Å². The first-order chi connectivity index (χ1) is 12.4. The molecule has 140 valence electrons. The Labute approximate surface area is 158 Å². The molecule has 1 aliphatic heterocycles. The molecule has 3 rings (SSSR count). The van der Waals surface area contributed by atoms with Gasteiger partial charge in [-0.05, 0) is 37.6 Å². The van der Waals surface area contributed by atoms with Gasteiger partial charge in [-0.3, -0.25) is 0 Å². The van der Waals surface area contributed by atoms with Gasteiger partial charge in [0, 0.05) is 23.8 Å². The van der Waals surface area contributed by atoms with Gasteiger partial charge >= 0.3 is 0 Å². The quantitative estimate of drug-likeness (QED) is 0.832. The maximum atomic E-state index is 12.6. The van der Waals surface area contributed by atoms with Gasteiger partial charge in [-0.25, -0.2) is 23.1 Å². The molecule has 0 atom stereocenters. The van der Waals surface area contributed by atoms with E-state index in [0.29, 0.717) is 35.4 Å². The molecule has 0 spiro atoms. The molecule has 2 aromatic rings. The van der Waals surface area contributed by atoms with E-state index < -0.39 is 10.0 Å². The number of anilines is 1. The average Bonchev–Trinajstić information content (AvgIpc) is 2.62. The van der Waals surface area contributed by atoms with Crippen molar-refractivity contribution < 1.29 is 13.2 Å². The van der Waals surface area contributed by atoms with Crippen LogP contribution >= 0.6 is 11.6 Å². The summed E-state index contributed by atoms with van der Waals surface area (Å²) < 4.78 is 33.2. The third-order valence-corrected chi connectivity index (χ3v) is 6.10. The average molecular weight is 397 g/mol. The summed E-state index contributed by atoms with van der Waals surface area (Å²) in [5.74, 6) is 0.599. The molecule has 0 unspecified atom stereocenters. The van der Waals surface area contributed by atoms with E-state index in [1.54, 1.807) is 25.1 Å². The van der Waals surface area contributed by atoms with Crippen molar-refractivity contribution in [3.05, 3.63) is 46.2 Å². The number of aryl methyl sites for hydroxylation is 1. The Morgan fingerprint density at radius 3 is 2.69 bits per heavy atom. The topological polar surface area (TPSA) is 84.4 Å². The highest BCUT2D eigenvalue weighted by atomic mass is 35.5. The number of sulfonamides is 1. The van der Waals surface area contributed by atoms with Crippen molar-refractivity contribution >= 4 is 27.6 Å². The molecule has 9 heteroatoms. The van der Waals surface area contributed by atoms with Crippen LogP contribution in [0.2, 0.25) is 5.02 Å². The van der Waals surface area contributed by atoms with Crippen molar-refractivity contribution in [1.29, 1.82) is 0 Å². The number of benzene rings is 1. The van der Waals surface area contributed by atoms with E-state index in [9.17, 15) is 8.42 Å². The summed E-state index contributed by atoms with van der Waals surface area (Å²) in [6.07, 6.45) is 0. The van der Waals surface area contributed by atoms with E-state index in [1.165, 1.54) is 6.07 Å². The summed E-state index contributed by atoms with van der Waals surface area (Å²) in [7, 11) is -3.69. The Kier molecular flexibility index (Phi) is 5.76. The van der Waals surface area contributed by atoms with Gasteiger partial charge in [0.15, 0.2) is 0 Å². The van der Waals surface area contributed by atoms with Crippen LogP contribution in [0.25, 0.3) is 0 Å². The molecule has 0 saturated carbocycles. The second-order valence-electron chi connectivity index (χ2n) is 6.09. The molecular weight excluding hydrogens is 376 g/mol. The van der Waals surface area contributed by atoms with Gasteiger partial charge in [-0.1, -0.05) is 17.7 Å². The SMILES string of the molecule is Cc1cc(CNS(=O)(=O)c2cccc(Cl)c2C)nc(N2CCOCC2)n1. The Bertz CT molecular complexity index is 899. The lowest BCUT2D eigenvalue weighted by molar-refractivity contribution is 0.122. The minimum absolute atomic E-state index is 0.0784. The third-order valence-electron chi connectivity index (χ3n) is 4.14. The second kappa shape index (κ2) is 7.87. The van der Waals surface area contributed by atoms with Crippen LogP contribution in [0.4, 0.5) is 5.95 Å². The van der Waals surface area contributed by atoms with E-state index in [1.807, 2.05) is 11.8 Å². The number of aromatic nitrogens is 2. The summed E-state index contributed by atoms with van der Waals surface area (Å²) in [6.45, 7) is 6.33. The van der Waals surface area contributed by atoms with Crippen LogP contribution < -0.4 is 9.62 Å². The predicted octanol–water partition coefficient (Wildman–Crippen LogP) is 2.06. The number of rotatable bonds is 5. The van der Waals surface area contributed by atoms with Gasteiger partial charge in [0.05, 0.1) is 30.3 Å². The highest BCUT2D eigenvalue weighted by Crippen LogP contribution is 2.22. The first kappa shape index (κ1) is 19.0. The molecule has 1 saturated heterocycles. The molecular formula is C17H21ClN4O3S. The lowest BCUT2D eigenvalue weighted by atomic mass is 10.2. The maximum absolute atomic E-state index is 12.6. The maximum Gasteiger partial charge on any atom is 0.241 e. The number of morpholine rings is 1. The lowest BCUT2D eigenvalue weighted by Gasteiger charge is -2.27. The zero-order valence-electron chi connectivity index (χ0n) is 14.7. The van der Waals surface area contributed by atoms with Crippen LogP contribution in [0.1, 0.15) is 17.0 Å². The van der Waals surface area contributed by atoms with Crippen molar-refractivity contribution in [3.63, 3.8) is 0 Å². The van der Waals surface area contributed by atoms with Crippen LogP contribution in [-0.4, -0.2) is 44.7 Å². The minimum atomic E-state index is -3.69. The fraction of sp³-hybridized carbons (Fsp3) is 0.412. The summed E-state index contributed by atoms with van der Waals surface area (Å²) in [5, 5.41) is 0.417. The standard InChI is InChI=1S/C17H21ClN4O3S/c1-12-10-14(21-17(20-12)22-6-8-25-9-7-22)11-19-26(23,24)16-5-3-4-15(18)13(16)2/h3-5,10,19H,6-9,11H2,1-2H3. The summed E-state index contributed by atoms with van der Waals surface area (Å²) in [6, 6.07) is 6.60. The van der Waals surface area contributed by atoms with Crippen molar-refractivity contribution in [2.45, 2.75) is 25.3 Å². The van der Waals surface area contributed by atoms with E-state index in [0.717, 1.165) is 18.8 Å². The Hall–Kier alpha value is -1.74. The fourth-order valence-corrected chi connectivity index (χ4v) is 4.23. The second-order valence-corrected chi connectivity index (χ2v) is 8.23. The smallest absolute Gasteiger partial charge is 0.241 e. The fourth-order valence-electron chi connectivity index (χ4n) is 2.74. The minimum Gasteiger partial charge on any atom is -0.378 e. The molecule has 0 aliphatic carbocycles. The highest BCUT2D eigenvalue weighted by molar-refractivity contribution is 7.89. The number of ether oxygens (including phenoxy) is 1. The molecule has 7 nitrogen and oxygen atoms in total. The van der Waals surface area contributed by atoms with Gasteiger partial charge in [-0.15, -0.1) is 0 Å². The normalized spacial score (nSPS) is 15.3. The molecule has 1 N–H and O–H groups in total. The molecule has 2 heterocycles. The third kappa shape index (κ3) is 4.32. The summed E-state index contributed by atoms with van der Waals surface area (Å²) in [5.41, 5.74) is 1.92. The van der Waals surface area contributed by atoms with Crippen LogP contribution in [0, 0.1) is 13.8 Å². The molecule has 1 fully saturated rings. The van der Waals surface area contributed by atoms with Gasteiger partial charge in [0.2, 0.25) is 16.0 Å². The molecule has 1 aromatic carbocycles. The monoisotopic (exact) mass is 396 g/mol. The molecule has 0 bridgehead atoms. The molecule has 1 aliphatic rings. The van der Waals surface area contributed by atoms with Crippen LogP contribution in [0.5, 0.6) is 0 Å². The van der Waals surface area contributed by atoms with E-state index in [4.69, 9.17) is 16.3 Å². The predicted molar refractivity (Wildman–Crippen MR) is 100 cm³/mol. The van der Waals surface area contributed by atoms with Crippen LogP contribution in [0.3, 0.4) is 0 Å². The summed E-state index contributed by atoms with van der Waals surface area (Å²) >= 11 is 6.04. The lowest BCUT2D eigenvalue weighted by Crippen LogP contribution is -2.37. The Morgan fingerprint density at radius 2 is 1.96 bits per heavy atom. The molecule has 0 radical (unpaired) electrons. The molecule has 1 aromatic heterocycles. The zero-order valence-corrected chi connectivity index (χ0v) is 16.3. The van der Waals surface area contributed by atoms with Crippen molar-refractivity contribution in [3.8, 4) is 0 Å². The largest absolute Gasteiger partial charge is 0.378 e. The van der Waals surface area contributed by atoms with Gasteiger partial charge in [0.25, 0.3) is 0 Å². The van der Waals surface area contributed by atoms with E-state index >= 15 is 0 Å². The molecule has 26 heavy (non-hydrogen) atoms. The van der Waals surface area contributed by atoms with Crippen molar-refractivity contribution in [1.82, 2.24) is 14.7 Å². The zero-order chi connectivity index (χ0) is 18.7. The first-order valence-corrected chi connectivity index (χ1v) is 10.1. The number of nitrogens with zero attached hydrogens (tertiary/aromatic N) is 3. The number of hydrogen-bond donors (Lipinski definition) is 1. The number of nitrogens with one attached hydrogen (secondary N) is 1. The van der Waals surface area contributed by atoms with Gasteiger partial charge in [-0.2, -0.15) is 0 Å². The van der Waals surface area contributed by atoms with Gasteiger partial charge in [0.1, 0.15) is 0 Å². The Morgan fingerprint density at radius 1 is 1.23 bits per heavy atom. The Balaban J connectivity index is 1.78. The molecule has 0 amide bonds. The van der Waals surface area contributed by atoms with Crippen LogP contribution in [-0.2, 0) is 21.3 Å². The highest BCUT2D eigenvalue weighted by Gasteiger charge is 2.19. The van der Waals surface area contributed by atoms with Crippen LogP contribution in [0.15, 0.2) is 29.2 Å².